The van der Waals surface area contributed by atoms with Crippen molar-refractivity contribution in [3.8, 4) is 45.5 Å². The Balaban J connectivity index is 1.44. The largest absolute Gasteiger partial charge is 0.497 e. The van der Waals surface area contributed by atoms with Gasteiger partial charge in [-0.3, -0.25) is 0 Å². The van der Waals surface area contributed by atoms with Crippen LogP contribution in [0.5, 0.6) is 23.0 Å². The van der Waals surface area contributed by atoms with Gasteiger partial charge in [0.15, 0.2) is 11.5 Å². The Hall–Kier alpha value is -4.66. The van der Waals surface area contributed by atoms with Crippen LogP contribution in [0.25, 0.3) is 22.5 Å². The lowest BCUT2D eigenvalue weighted by atomic mass is 10.0. The molecule has 0 fully saturated rings. The van der Waals surface area contributed by atoms with Crippen molar-refractivity contribution in [1.82, 2.24) is 15.2 Å². The third-order valence-electron chi connectivity index (χ3n) is 5.19. The van der Waals surface area contributed by atoms with Crippen LogP contribution in [0, 0.1) is 0 Å². The summed E-state index contributed by atoms with van der Waals surface area (Å²) in [6, 6.07) is 20.8. The highest BCUT2D eigenvalue weighted by Crippen LogP contribution is 2.33. The van der Waals surface area contributed by atoms with Crippen molar-refractivity contribution < 1.29 is 18.9 Å². The zero-order valence-corrected chi connectivity index (χ0v) is 18.6. The number of anilines is 1. The van der Waals surface area contributed by atoms with E-state index in [0.717, 1.165) is 33.9 Å². The van der Waals surface area contributed by atoms with Crippen LogP contribution in [-0.4, -0.2) is 42.4 Å². The van der Waals surface area contributed by atoms with E-state index in [1.165, 1.54) is 0 Å². The third-order valence-corrected chi connectivity index (χ3v) is 5.19. The second-order valence-corrected chi connectivity index (χ2v) is 7.27. The van der Waals surface area contributed by atoms with Crippen molar-refractivity contribution in [2.24, 2.45) is 5.10 Å². The number of methoxy groups -OCH3 is 2. The average molecular weight is 455 g/mol. The number of nitrogens with one attached hydrogen (secondary N) is 1. The molecule has 1 aromatic heterocycles. The van der Waals surface area contributed by atoms with Crippen molar-refractivity contribution in [2.45, 2.75) is 0 Å². The number of aromatic nitrogens is 3. The number of benzene rings is 3. The molecular formula is C25H21N5O4. The first kappa shape index (κ1) is 21.2. The quantitative estimate of drug-likeness (QED) is 0.323. The predicted octanol–water partition coefficient (Wildman–Crippen LogP) is 4.40. The summed E-state index contributed by atoms with van der Waals surface area (Å²) in [7, 11) is 3.26. The highest BCUT2D eigenvalue weighted by Gasteiger charge is 2.15. The second-order valence-electron chi connectivity index (χ2n) is 7.27. The van der Waals surface area contributed by atoms with E-state index >= 15 is 0 Å². The molecule has 0 unspecified atom stereocenters. The van der Waals surface area contributed by atoms with Crippen molar-refractivity contribution in [3.63, 3.8) is 0 Å². The van der Waals surface area contributed by atoms with Gasteiger partial charge in [0.2, 0.25) is 6.79 Å². The number of nitrogens with zero attached hydrogens (tertiary/aromatic N) is 4. The van der Waals surface area contributed by atoms with E-state index in [-0.39, 0.29) is 12.7 Å². The van der Waals surface area contributed by atoms with Crippen LogP contribution < -0.4 is 24.4 Å². The summed E-state index contributed by atoms with van der Waals surface area (Å²) in [5.74, 6) is 3.18. The lowest BCUT2D eigenvalue weighted by Gasteiger charge is -2.10. The molecule has 4 aromatic rings. The first-order chi connectivity index (χ1) is 16.7. The van der Waals surface area contributed by atoms with Crippen LogP contribution in [-0.2, 0) is 0 Å². The molecule has 9 nitrogen and oxygen atoms in total. The van der Waals surface area contributed by atoms with E-state index in [0.29, 0.717) is 17.1 Å². The maximum atomic E-state index is 5.40. The van der Waals surface area contributed by atoms with Gasteiger partial charge >= 0.3 is 0 Å². The monoisotopic (exact) mass is 455 g/mol. The van der Waals surface area contributed by atoms with Gasteiger partial charge in [-0.2, -0.15) is 5.10 Å². The molecule has 0 aliphatic carbocycles. The fourth-order valence-corrected chi connectivity index (χ4v) is 3.42. The van der Waals surface area contributed by atoms with Gasteiger partial charge in [-0.05, 0) is 72.3 Å². The Kier molecular flexibility index (Phi) is 5.89. The molecular weight excluding hydrogens is 434 g/mol. The number of fused-ring (bicyclic) bond motifs is 1. The molecule has 34 heavy (non-hydrogen) atoms. The fourth-order valence-electron chi connectivity index (χ4n) is 3.42. The van der Waals surface area contributed by atoms with E-state index in [4.69, 9.17) is 23.9 Å². The van der Waals surface area contributed by atoms with Gasteiger partial charge in [0, 0.05) is 11.1 Å². The molecule has 0 spiro atoms. The van der Waals surface area contributed by atoms with Crippen molar-refractivity contribution >= 4 is 12.2 Å². The zero-order valence-electron chi connectivity index (χ0n) is 18.6. The standard InChI is InChI=1S/C25H21N5O4/c1-31-19-8-4-17(5-9-19)23-24(18-6-10-20(32-2)11-7-18)28-30-25(27-23)29-26-14-16-3-12-21-22(13-16)34-15-33-21/h3-14H,15H2,1-2H3,(H,27,29,30)/b26-14+. The van der Waals surface area contributed by atoms with Crippen LogP contribution in [0.3, 0.4) is 0 Å². The molecule has 0 atom stereocenters. The summed E-state index contributed by atoms with van der Waals surface area (Å²) in [5.41, 5.74) is 6.72. The maximum Gasteiger partial charge on any atom is 0.263 e. The summed E-state index contributed by atoms with van der Waals surface area (Å²) < 4.78 is 21.3. The van der Waals surface area contributed by atoms with Gasteiger partial charge in [0.1, 0.15) is 22.9 Å². The van der Waals surface area contributed by atoms with Gasteiger partial charge < -0.3 is 18.9 Å². The highest BCUT2D eigenvalue weighted by atomic mass is 16.7. The normalized spacial score (nSPS) is 12.1. The number of hydrogen-bond acceptors (Lipinski definition) is 9. The maximum absolute atomic E-state index is 5.40. The Morgan fingerprint density at radius 3 is 2.12 bits per heavy atom. The van der Waals surface area contributed by atoms with Gasteiger partial charge in [-0.25, -0.2) is 10.4 Å². The Morgan fingerprint density at radius 2 is 1.44 bits per heavy atom. The van der Waals surface area contributed by atoms with E-state index in [9.17, 15) is 0 Å². The molecule has 1 aliphatic rings. The minimum Gasteiger partial charge on any atom is -0.497 e. The SMILES string of the molecule is COc1ccc(-c2nnc(N/N=C/c3ccc4c(c3)OCO4)nc2-c2ccc(OC)cc2)cc1. The summed E-state index contributed by atoms with van der Waals surface area (Å²) in [6.45, 7) is 0.225. The molecule has 0 radical (unpaired) electrons. The molecule has 3 aromatic carbocycles. The summed E-state index contributed by atoms with van der Waals surface area (Å²) >= 11 is 0. The Morgan fingerprint density at radius 1 is 0.794 bits per heavy atom. The molecule has 0 amide bonds. The first-order valence-corrected chi connectivity index (χ1v) is 10.5. The molecule has 170 valence electrons. The zero-order chi connectivity index (χ0) is 23.3. The molecule has 5 rings (SSSR count). The Bertz CT molecular complexity index is 1320. The fraction of sp³-hybridized carbons (Fsp3) is 0.120. The van der Waals surface area contributed by atoms with Crippen molar-refractivity contribution in [3.05, 3.63) is 72.3 Å². The molecule has 0 saturated carbocycles. The predicted molar refractivity (Wildman–Crippen MR) is 128 cm³/mol. The summed E-state index contributed by atoms with van der Waals surface area (Å²) in [4.78, 5) is 4.69. The number of hydrazone groups is 1. The summed E-state index contributed by atoms with van der Waals surface area (Å²) in [5, 5.41) is 12.9. The van der Waals surface area contributed by atoms with Crippen molar-refractivity contribution in [2.75, 3.05) is 26.4 Å². The smallest absolute Gasteiger partial charge is 0.263 e. The minimum absolute atomic E-state index is 0.225. The molecule has 9 heteroatoms. The van der Waals surface area contributed by atoms with Crippen molar-refractivity contribution in [1.29, 1.82) is 0 Å². The van der Waals surface area contributed by atoms with Gasteiger partial charge in [0.05, 0.1) is 20.4 Å². The number of ether oxygens (including phenoxy) is 4. The highest BCUT2D eigenvalue weighted by molar-refractivity contribution is 5.82. The summed E-state index contributed by atoms with van der Waals surface area (Å²) in [6.07, 6.45) is 1.65. The minimum atomic E-state index is 0.225. The first-order valence-electron chi connectivity index (χ1n) is 10.5. The Labute approximate surface area is 196 Å². The van der Waals surface area contributed by atoms with Crippen LogP contribution in [0.4, 0.5) is 5.95 Å². The molecule has 1 aliphatic heterocycles. The van der Waals surface area contributed by atoms with Crippen LogP contribution in [0.1, 0.15) is 5.56 Å². The van der Waals surface area contributed by atoms with E-state index < -0.39 is 0 Å². The van der Waals surface area contributed by atoms with Gasteiger partial charge in [-0.1, -0.05) is 0 Å². The van der Waals surface area contributed by atoms with Crippen LogP contribution in [0.2, 0.25) is 0 Å². The van der Waals surface area contributed by atoms with E-state index in [1.54, 1.807) is 20.4 Å². The topological polar surface area (TPSA) is 100.0 Å². The number of rotatable bonds is 7. The van der Waals surface area contributed by atoms with Crippen LogP contribution in [0.15, 0.2) is 71.8 Å². The van der Waals surface area contributed by atoms with Gasteiger partial charge in [-0.15, -0.1) is 10.2 Å². The molecule has 0 saturated heterocycles. The molecule has 0 bridgehead atoms. The van der Waals surface area contributed by atoms with Gasteiger partial charge in [0.25, 0.3) is 5.95 Å². The number of hydrogen-bond donors (Lipinski definition) is 1. The third kappa shape index (κ3) is 4.44. The van der Waals surface area contributed by atoms with E-state index in [2.05, 4.69) is 20.7 Å². The average Bonchev–Trinajstić information content (AvgIpc) is 3.37. The lowest BCUT2D eigenvalue weighted by Crippen LogP contribution is -2.03. The second kappa shape index (κ2) is 9.45. The molecule has 1 N–H and O–H groups in total. The lowest BCUT2D eigenvalue weighted by molar-refractivity contribution is 0.174. The van der Waals surface area contributed by atoms with E-state index in [1.807, 2.05) is 66.7 Å². The van der Waals surface area contributed by atoms with Crippen LogP contribution >= 0.6 is 0 Å². The molecule has 2 heterocycles.